The second-order valence-corrected chi connectivity index (χ2v) is 8.54. The Morgan fingerprint density at radius 1 is 1.11 bits per heavy atom. The van der Waals surface area contributed by atoms with Crippen molar-refractivity contribution in [3.05, 3.63) is 57.7 Å². The van der Waals surface area contributed by atoms with E-state index in [1.54, 1.807) is 11.0 Å². The topological polar surface area (TPSA) is 62.6 Å². The zero-order valence-electron chi connectivity index (χ0n) is 15.0. The van der Waals surface area contributed by atoms with E-state index in [4.69, 9.17) is 0 Å². The summed E-state index contributed by atoms with van der Waals surface area (Å²) in [6.45, 7) is 1.22. The van der Waals surface area contributed by atoms with Gasteiger partial charge in [-0.1, -0.05) is 15.9 Å². The van der Waals surface area contributed by atoms with Crippen molar-refractivity contribution < 1.29 is 14.4 Å². The molecule has 2 aromatic rings. The van der Waals surface area contributed by atoms with E-state index in [-0.39, 0.29) is 12.5 Å². The number of halogens is 1. The number of thioether (sulfide) groups is 1. The first-order valence-electron chi connectivity index (χ1n) is 8.99. The Labute approximate surface area is 175 Å². The standard InChI is InChI=1S/C20H18BrN3O3S/c21-14-5-7-15(8-6-14)23-11-3-4-16(23)12-17-19(26)24(20(27)28-17)13-18(25)22-9-1-2-10-22/h3-8,11-12H,1-2,9-10,13H2/b17-12+. The number of carbonyl (C=O) groups is 3. The Hall–Kier alpha value is -2.32. The van der Waals surface area contributed by atoms with Crippen LogP contribution in [0.1, 0.15) is 18.5 Å². The lowest BCUT2D eigenvalue weighted by Gasteiger charge is -2.18. The Bertz CT molecular complexity index is 961. The Balaban J connectivity index is 1.54. The molecule has 1 aromatic heterocycles. The second kappa shape index (κ2) is 7.97. The molecule has 2 saturated heterocycles. The van der Waals surface area contributed by atoms with Gasteiger partial charge in [0.05, 0.1) is 4.91 Å². The van der Waals surface area contributed by atoms with Crippen molar-refractivity contribution in [1.82, 2.24) is 14.4 Å². The van der Waals surface area contributed by atoms with Crippen molar-refractivity contribution >= 4 is 50.8 Å². The summed E-state index contributed by atoms with van der Waals surface area (Å²) < 4.78 is 2.92. The Kier molecular flexibility index (Phi) is 5.41. The summed E-state index contributed by atoms with van der Waals surface area (Å²) in [7, 11) is 0. The number of imide groups is 1. The van der Waals surface area contributed by atoms with Gasteiger partial charge in [-0.3, -0.25) is 19.3 Å². The molecule has 28 heavy (non-hydrogen) atoms. The molecule has 3 heterocycles. The maximum atomic E-state index is 12.7. The average Bonchev–Trinajstić information content (AvgIpc) is 3.41. The van der Waals surface area contributed by atoms with Crippen LogP contribution >= 0.6 is 27.7 Å². The lowest BCUT2D eigenvalue weighted by molar-refractivity contribution is -0.135. The van der Waals surface area contributed by atoms with Crippen molar-refractivity contribution in [2.75, 3.05) is 19.6 Å². The number of nitrogens with zero attached hydrogens (tertiary/aromatic N) is 3. The number of likely N-dealkylation sites (tertiary alicyclic amines) is 1. The Morgan fingerprint density at radius 3 is 2.54 bits per heavy atom. The van der Waals surface area contributed by atoms with Gasteiger partial charge >= 0.3 is 0 Å². The van der Waals surface area contributed by atoms with Crippen molar-refractivity contribution in [3.63, 3.8) is 0 Å². The maximum Gasteiger partial charge on any atom is 0.294 e. The van der Waals surface area contributed by atoms with E-state index < -0.39 is 11.1 Å². The van der Waals surface area contributed by atoms with Gasteiger partial charge in [-0.2, -0.15) is 0 Å². The molecular formula is C20H18BrN3O3S. The van der Waals surface area contributed by atoms with E-state index in [1.165, 1.54) is 0 Å². The van der Waals surface area contributed by atoms with Crippen molar-refractivity contribution in [1.29, 1.82) is 0 Å². The monoisotopic (exact) mass is 459 g/mol. The summed E-state index contributed by atoms with van der Waals surface area (Å²) in [5.41, 5.74) is 1.74. The number of aromatic nitrogens is 1. The molecule has 2 fully saturated rings. The van der Waals surface area contributed by atoms with Gasteiger partial charge in [0.2, 0.25) is 5.91 Å². The molecule has 0 N–H and O–H groups in total. The highest BCUT2D eigenvalue weighted by atomic mass is 79.9. The molecule has 6 nitrogen and oxygen atoms in total. The number of hydrogen-bond donors (Lipinski definition) is 0. The molecule has 2 aliphatic heterocycles. The third kappa shape index (κ3) is 3.79. The van der Waals surface area contributed by atoms with Crippen LogP contribution in [-0.2, 0) is 9.59 Å². The fourth-order valence-electron chi connectivity index (χ4n) is 3.32. The fourth-order valence-corrected chi connectivity index (χ4v) is 4.41. The van der Waals surface area contributed by atoms with Crippen LogP contribution in [0, 0.1) is 0 Å². The highest BCUT2D eigenvalue weighted by Gasteiger charge is 2.37. The van der Waals surface area contributed by atoms with Gasteiger partial charge in [0.15, 0.2) is 0 Å². The zero-order valence-corrected chi connectivity index (χ0v) is 17.4. The number of carbonyl (C=O) groups excluding carboxylic acids is 3. The molecule has 0 spiro atoms. The minimum Gasteiger partial charge on any atom is -0.341 e. The van der Waals surface area contributed by atoms with Gasteiger partial charge in [-0.05, 0) is 67.1 Å². The predicted molar refractivity (Wildman–Crippen MR) is 112 cm³/mol. The van der Waals surface area contributed by atoms with E-state index in [2.05, 4.69) is 15.9 Å². The van der Waals surface area contributed by atoms with Crippen LogP contribution in [-0.4, -0.2) is 51.1 Å². The summed E-state index contributed by atoms with van der Waals surface area (Å²) in [6, 6.07) is 11.6. The number of amides is 3. The molecule has 3 amide bonds. The van der Waals surface area contributed by atoms with Gasteiger partial charge < -0.3 is 9.47 Å². The number of benzene rings is 1. The predicted octanol–water partition coefficient (Wildman–Crippen LogP) is 3.90. The molecule has 4 rings (SSSR count). The maximum absolute atomic E-state index is 12.7. The third-order valence-electron chi connectivity index (χ3n) is 4.79. The minimum absolute atomic E-state index is 0.167. The summed E-state index contributed by atoms with van der Waals surface area (Å²) in [5.74, 6) is -0.578. The Morgan fingerprint density at radius 2 is 1.82 bits per heavy atom. The van der Waals surface area contributed by atoms with E-state index in [0.29, 0.717) is 18.0 Å². The number of rotatable bonds is 4. The normalized spacial score (nSPS) is 18.5. The van der Waals surface area contributed by atoms with E-state index in [0.717, 1.165) is 45.4 Å². The SMILES string of the molecule is O=C(CN1C(=O)S/C(=C/c2cccn2-c2ccc(Br)cc2)C1=O)N1CCCC1. The fraction of sp³-hybridized carbons (Fsp3) is 0.250. The summed E-state index contributed by atoms with van der Waals surface area (Å²) in [5, 5.41) is -0.398. The van der Waals surface area contributed by atoms with Gasteiger partial charge in [0.25, 0.3) is 11.1 Å². The number of hydrogen-bond acceptors (Lipinski definition) is 4. The molecule has 144 valence electrons. The highest BCUT2D eigenvalue weighted by Crippen LogP contribution is 2.32. The first-order valence-corrected chi connectivity index (χ1v) is 10.6. The van der Waals surface area contributed by atoms with Crippen LogP contribution in [0.3, 0.4) is 0 Å². The molecular weight excluding hydrogens is 442 g/mol. The van der Waals surface area contributed by atoms with Crippen molar-refractivity contribution in [2.24, 2.45) is 0 Å². The first-order chi connectivity index (χ1) is 13.5. The molecule has 0 bridgehead atoms. The summed E-state index contributed by atoms with van der Waals surface area (Å²) in [4.78, 5) is 40.4. The minimum atomic E-state index is -0.411. The van der Waals surface area contributed by atoms with Crippen molar-refractivity contribution in [2.45, 2.75) is 12.8 Å². The molecule has 0 saturated carbocycles. The average molecular weight is 460 g/mol. The molecule has 1 aromatic carbocycles. The molecule has 0 radical (unpaired) electrons. The van der Waals surface area contributed by atoms with E-state index >= 15 is 0 Å². The third-order valence-corrected chi connectivity index (χ3v) is 6.23. The summed E-state index contributed by atoms with van der Waals surface area (Å²) in [6.07, 6.45) is 5.55. The lowest BCUT2D eigenvalue weighted by atomic mass is 10.3. The van der Waals surface area contributed by atoms with Crippen molar-refractivity contribution in [3.8, 4) is 5.69 Å². The van der Waals surface area contributed by atoms with E-state index in [1.807, 2.05) is 47.2 Å². The second-order valence-electron chi connectivity index (χ2n) is 6.64. The molecule has 8 heteroatoms. The van der Waals surface area contributed by atoms with Gasteiger partial charge in [-0.15, -0.1) is 0 Å². The molecule has 0 atom stereocenters. The zero-order chi connectivity index (χ0) is 19.7. The molecule has 2 aliphatic rings. The highest BCUT2D eigenvalue weighted by molar-refractivity contribution is 9.10. The summed E-state index contributed by atoms with van der Waals surface area (Å²) >= 11 is 4.30. The van der Waals surface area contributed by atoms with Crippen LogP contribution in [0.5, 0.6) is 0 Å². The van der Waals surface area contributed by atoms with Gasteiger partial charge in [0.1, 0.15) is 6.54 Å². The molecule has 0 unspecified atom stereocenters. The van der Waals surface area contributed by atoms with Crippen LogP contribution in [0.25, 0.3) is 11.8 Å². The van der Waals surface area contributed by atoms with E-state index in [9.17, 15) is 14.4 Å². The van der Waals surface area contributed by atoms with Crippen LogP contribution in [0.2, 0.25) is 0 Å². The van der Waals surface area contributed by atoms with Crippen LogP contribution in [0.4, 0.5) is 4.79 Å². The smallest absolute Gasteiger partial charge is 0.294 e. The quantitative estimate of drug-likeness (QED) is 0.650. The van der Waals surface area contributed by atoms with Crippen LogP contribution in [0.15, 0.2) is 52.0 Å². The molecule has 0 aliphatic carbocycles. The lowest BCUT2D eigenvalue weighted by Crippen LogP contribution is -2.40. The largest absolute Gasteiger partial charge is 0.341 e. The van der Waals surface area contributed by atoms with Gasteiger partial charge in [-0.25, -0.2) is 0 Å². The van der Waals surface area contributed by atoms with Crippen LogP contribution < -0.4 is 0 Å². The first kappa shape index (κ1) is 19.0. The van der Waals surface area contributed by atoms with Gasteiger partial charge in [0, 0.05) is 35.1 Å².